The van der Waals surface area contributed by atoms with E-state index in [1.165, 1.54) is 114 Å². The SMILES string of the molecule is C#C/C=C\C(=C/C)c1c2cc3c4c(c5cccc(c2c(-c2ccccc2)c2c6ccc(-c7ccc8ccccc8c7)c7cccc(c12)c76)c35)CCC=C4. The van der Waals surface area contributed by atoms with Crippen LogP contribution >= 0.6 is 0 Å². The minimum Gasteiger partial charge on any atom is -0.115 e. The van der Waals surface area contributed by atoms with Crippen molar-refractivity contribution >= 4 is 87.1 Å². The van der Waals surface area contributed by atoms with Crippen LogP contribution in [0.4, 0.5) is 0 Å². The van der Waals surface area contributed by atoms with Crippen LogP contribution in [0.15, 0.2) is 152 Å². The van der Waals surface area contributed by atoms with Crippen LogP contribution < -0.4 is 0 Å². The summed E-state index contributed by atoms with van der Waals surface area (Å²) in [5, 5.41) is 18.3. The van der Waals surface area contributed by atoms with Crippen LogP contribution in [0.5, 0.6) is 0 Å². The number of terminal acetylenes is 1. The van der Waals surface area contributed by atoms with Crippen LogP contribution in [-0.2, 0) is 6.42 Å². The third kappa shape index (κ3) is 4.14. The van der Waals surface area contributed by atoms with Crippen molar-refractivity contribution in [1.29, 1.82) is 0 Å². The molecule has 0 nitrogen and oxygen atoms in total. The first-order chi connectivity index (χ1) is 26.2. The van der Waals surface area contributed by atoms with E-state index >= 15 is 0 Å². The minimum atomic E-state index is 1.07. The highest BCUT2D eigenvalue weighted by atomic mass is 14.3. The molecule has 0 unspecified atom stereocenters. The van der Waals surface area contributed by atoms with Gasteiger partial charge < -0.3 is 0 Å². The predicted molar refractivity (Wildman–Crippen MR) is 231 cm³/mol. The summed E-state index contributed by atoms with van der Waals surface area (Å²) in [5.41, 5.74) is 10.3. The molecule has 0 bridgehead atoms. The Kier molecular flexibility index (Phi) is 6.46. The van der Waals surface area contributed by atoms with Gasteiger partial charge in [-0.05, 0) is 164 Å². The molecule has 10 aromatic rings. The number of hydrogen-bond acceptors (Lipinski definition) is 0. The minimum absolute atomic E-state index is 1.07. The summed E-state index contributed by atoms with van der Waals surface area (Å²) < 4.78 is 0. The second kappa shape index (κ2) is 11.4. The maximum absolute atomic E-state index is 5.90. The van der Waals surface area contributed by atoms with Gasteiger partial charge in [0.25, 0.3) is 0 Å². The van der Waals surface area contributed by atoms with Crippen molar-refractivity contribution in [1.82, 2.24) is 0 Å². The molecule has 0 heteroatoms. The number of rotatable bonds is 4. The van der Waals surface area contributed by atoms with E-state index in [-0.39, 0.29) is 0 Å². The first-order valence-electron chi connectivity index (χ1n) is 18.7. The normalized spacial score (nSPS) is 13.5. The van der Waals surface area contributed by atoms with Gasteiger partial charge in [0.2, 0.25) is 0 Å². The molecule has 11 rings (SSSR count). The molecule has 0 saturated carbocycles. The van der Waals surface area contributed by atoms with Crippen LogP contribution in [-0.4, -0.2) is 0 Å². The van der Waals surface area contributed by atoms with E-state index < -0.39 is 0 Å². The third-order valence-electron chi connectivity index (χ3n) is 11.9. The Morgan fingerprint density at radius 3 is 2.15 bits per heavy atom. The molecule has 1 aliphatic carbocycles. The fourth-order valence-electron chi connectivity index (χ4n) is 9.75. The summed E-state index contributed by atoms with van der Waals surface area (Å²) in [4.78, 5) is 0. The lowest BCUT2D eigenvalue weighted by atomic mass is 9.83. The Bertz CT molecular complexity index is 3270. The zero-order valence-corrected chi connectivity index (χ0v) is 29.5. The molecule has 0 saturated heterocycles. The summed E-state index contributed by atoms with van der Waals surface area (Å²) in [6.45, 7) is 2.14. The second-order valence-electron chi connectivity index (χ2n) is 14.5. The Labute approximate surface area is 308 Å². The number of benzene rings is 8. The molecular weight excluding hydrogens is 637 g/mol. The molecule has 0 aromatic heterocycles. The van der Waals surface area contributed by atoms with Gasteiger partial charge in [-0.15, -0.1) is 6.42 Å². The predicted octanol–water partition coefficient (Wildman–Crippen LogP) is 14.5. The number of aryl methyl sites for hydroxylation is 1. The molecule has 53 heavy (non-hydrogen) atoms. The van der Waals surface area contributed by atoms with E-state index in [0.29, 0.717) is 0 Å². The van der Waals surface area contributed by atoms with E-state index in [1.807, 2.05) is 6.08 Å². The zero-order chi connectivity index (χ0) is 35.2. The maximum atomic E-state index is 5.90. The van der Waals surface area contributed by atoms with Gasteiger partial charge in [0.05, 0.1) is 0 Å². The summed E-state index contributed by atoms with van der Waals surface area (Å²) in [6, 6.07) is 47.7. The molecule has 1 aliphatic rings. The fraction of sp³-hybridized carbons (Fsp3) is 0.0566. The molecule has 0 amide bonds. The van der Waals surface area contributed by atoms with Gasteiger partial charge in [0.15, 0.2) is 0 Å². The van der Waals surface area contributed by atoms with Gasteiger partial charge in [-0.1, -0.05) is 139 Å². The van der Waals surface area contributed by atoms with Crippen LogP contribution in [0, 0.1) is 12.3 Å². The highest BCUT2D eigenvalue weighted by molar-refractivity contribution is 6.42. The molecule has 10 aromatic carbocycles. The molecular formula is C53H34. The standard InChI is InChI=1S/C53H34/c1-3-5-15-32(4-2)47-46-31-45-39-21-12-11-20-38(39)41-23-14-24-42(50(41)45)51(46)48(34-17-7-6-8-18-34)53-44-29-28-37(40-22-13-25-43(49(40)44)52(47)53)36-27-26-33-16-9-10-19-35(33)30-36/h1,4-10,12-19,21-31H,11,20H2,2H3/b15-5-,32-4+. The molecule has 0 aliphatic heterocycles. The molecule has 0 heterocycles. The van der Waals surface area contributed by atoms with Crippen molar-refractivity contribution in [2.75, 3.05) is 0 Å². The van der Waals surface area contributed by atoms with Crippen molar-refractivity contribution in [2.45, 2.75) is 19.8 Å². The van der Waals surface area contributed by atoms with E-state index in [9.17, 15) is 0 Å². The summed E-state index contributed by atoms with van der Waals surface area (Å²) in [5.74, 6) is 2.79. The van der Waals surface area contributed by atoms with E-state index in [4.69, 9.17) is 6.42 Å². The quantitative estimate of drug-likeness (QED) is 0.0993. The van der Waals surface area contributed by atoms with Gasteiger partial charge in [0.1, 0.15) is 0 Å². The average molecular weight is 671 g/mol. The summed E-state index contributed by atoms with van der Waals surface area (Å²) >= 11 is 0. The summed E-state index contributed by atoms with van der Waals surface area (Å²) in [6.07, 6.45) is 19.0. The number of fused-ring (bicyclic) bond motifs is 9. The summed E-state index contributed by atoms with van der Waals surface area (Å²) in [7, 11) is 0. The van der Waals surface area contributed by atoms with Crippen LogP contribution in [0.1, 0.15) is 30.0 Å². The van der Waals surface area contributed by atoms with Crippen molar-refractivity contribution in [3.63, 3.8) is 0 Å². The van der Waals surface area contributed by atoms with Gasteiger partial charge in [-0.3, -0.25) is 0 Å². The van der Waals surface area contributed by atoms with Crippen LogP contribution in [0.3, 0.4) is 0 Å². The molecule has 0 fully saturated rings. The van der Waals surface area contributed by atoms with Gasteiger partial charge in [-0.25, -0.2) is 0 Å². The number of hydrogen-bond donors (Lipinski definition) is 0. The number of allylic oxidation sites excluding steroid dienone is 5. The fourth-order valence-corrected chi connectivity index (χ4v) is 9.75. The van der Waals surface area contributed by atoms with E-state index in [0.717, 1.165) is 18.4 Å². The molecule has 246 valence electrons. The molecule has 0 atom stereocenters. The molecule has 0 N–H and O–H groups in total. The van der Waals surface area contributed by atoms with Crippen LogP contribution in [0.2, 0.25) is 0 Å². The lowest BCUT2D eigenvalue weighted by Crippen LogP contribution is -1.93. The third-order valence-corrected chi connectivity index (χ3v) is 11.9. The Hall–Kier alpha value is -6.68. The van der Waals surface area contributed by atoms with Crippen LogP contribution in [0.25, 0.3) is 109 Å². The first kappa shape index (κ1) is 30.0. The first-order valence-corrected chi connectivity index (χ1v) is 18.7. The largest absolute Gasteiger partial charge is 0.115 e. The Balaban J connectivity index is 1.40. The monoisotopic (exact) mass is 670 g/mol. The van der Waals surface area contributed by atoms with Gasteiger partial charge >= 0.3 is 0 Å². The van der Waals surface area contributed by atoms with E-state index in [2.05, 4.69) is 165 Å². The maximum Gasteiger partial charge on any atom is -0.000719 e. The molecule has 0 radical (unpaired) electrons. The van der Waals surface area contributed by atoms with Gasteiger partial charge in [0, 0.05) is 0 Å². The van der Waals surface area contributed by atoms with Crippen molar-refractivity contribution in [2.24, 2.45) is 0 Å². The zero-order valence-electron chi connectivity index (χ0n) is 29.5. The lowest BCUT2D eigenvalue weighted by molar-refractivity contribution is 1.00. The van der Waals surface area contributed by atoms with E-state index in [1.54, 1.807) is 0 Å². The van der Waals surface area contributed by atoms with Crippen molar-refractivity contribution in [3.05, 3.63) is 168 Å². The lowest BCUT2D eigenvalue weighted by Gasteiger charge is -2.19. The Morgan fingerprint density at radius 2 is 1.32 bits per heavy atom. The van der Waals surface area contributed by atoms with Crippen molar-refractivity contribution < 1.29 is 0 Å². The average Bonchev–Trinajstić information content (AvgIpc) is 3.72. The Morgan fingerprint density at radius 1 is 0.585 bits per heavy atom. The highest BCUT2D eigenvalue weighted by Crippen LogP contribution is 2.54. The topological polar surface area (TPSA) is 0 Å². The van der Waals surface area contributed by atoms with Gasteiger partial charge in [-0.2, -0.15) is 0 Å². The highest BCUT2D eigenvalue weighted by Gasteiger charge is 2.28. The second-order valence-corrected chi connectivity index (χ2v) is 14.5. The van der Waals surface area contributed by atoms with Crippen molar-refractivity contribution in [3.8, 4) is 34.6 Å². The smallest absolute Gasteiger partial charge is 0.000719 e. The molecule has 0 spiro atoms.